The summed E-state index contributed by atoms with van der Waals surface area (Å²) in [4.78, 5) is 11.9. The number of benzene rings is 2. The number of carbonyl (C=O) groups excluding carboxylic acids is 1. The summed E-state index contributed by atoms with van der Waals surface area (Å²) in [6.07, 6.45) is 0. The van der Waals surface area contributed by atoms with Gasteiger partial charge in [0.15, 0.2) is 11.5 Å². The summed E-state index contributed by atoms with van der Waals surface area (Å²) in [6.45, 7) is 3.98. The van der Waals surface area contributed by atoms with Gasteiger partial charge in [0.2, 0.25) is 0 Å². The third-order valence-electron chi connectivity index (χ3n) is 3.70. The van der Waals surface area contributed by atoms with E-state index >= 15 is 0 Å². The first-order valence-corrected chi connectivity index (χ1v) is 10.0. The average molecular weight is 409 g/mol. The molecule has 0 spiro atoms. The summed E-state index contributed by atoms with van der Waals surface area (Å²) in [7, 11) is -1.06. The highest BCUT2D eigenvalue weighted by Gasteiger charge is 2.20. The van der Waals surface area contributed by atoms with E-state index in [9.17, 15) is 13.2 Å². The topological polar surface area (TPSA) is 100 Å². The van der Waals surface area contributed by atoms with E-state index in [2.05, 4.69) is 4.72 Å². The maximum Gasteiger partial charge on any atom is 0.338 e. The smallest absolute Gasteiger partial charge is 0.338 e. The zero-order valence-electron chi connectivity index (χ0n) is 16.1. The van der Waals surface area contributed by atoms with Crippen LogP contribution in [0.25, 0.3) is 0 Å². The van der Waals surface area contributed by atoms with Gasteiger partial charge in [0.05, 0.1) is 43.6 Å². The van der Waals surface area contributed by atoms with E-state index in [0.717, 1.165) is 0 Å². The third-order valence-corrected chi connectivity index (χ3v) is 5.07. The van der Waals surface area contributed by atoms with E-state index in [1.54, 1.807) is 13.8 Å². The second-order valence-electron chi connectivity index (χ2n) is 5.49. The van der Waals surface area contributed by atoms with Gasteiger partial charge in [-0.1, -0.05) is 0 Å². The molecule has 2 aromatic carbocycles. The van der Waals surface area contributed by atoms with Crippen LogP contribution < -0.4 is 18.9 Å². The van der Waals surface area contributed by atoms with Gasteiger partial charge in [-0.25, -0.2) is 13.2 Å². The van der Waals surface area contributed by atoms with Gasteiger partial charge in [0, 0.05) is 6.07 Å². The molecule has 28 heavy (non-hydrogen) atoms. The van der Waals surface area contributed by atoms with Crippen molar-refractivity contribution in [1.29, 1.82) is 0 Å². The lowest BCUT2D eigenvalue weighted by Crippen LogP contribution is -2.15. The van der Waals surface area contributed by atoms with Crippen LogP contribution in [0.5, 0.6) is 17.2 Å². The second-order valence-corrected chi connectivity index (χ2v) is 7.17. The third kappa shape index (κ3) is 4.86. The van der Waals surface area contributed by atoms with Crippen molar-refractivity contribution in [2.24, 2.45) is 0 Å². The first-order chi connectivity index (χ1) is 13.4. The number of hydrogen-bond donors (Lipinski definition) is 1. The highest BCUT2D eigenvalue weighted by molar-refractivity contribution is 7.92. The van der Waals surface area contributed by atoms with Gasteiger partial charge < -0.3 is 18.9 Å². The molecule has 0 fully saturated rings. The van der Waals surface area contributed by atoms with Gasteiger partial charge in [-0.15, -0.1) is 0 Å². The zero-order valence-corrected chi connectivity index (χ0v) is 17.0. The van der Waals surface area contributed by atoms with E-state index < -0.39 is 16.0 Å². The molecule has 0 aliphatic carbocycles. The maximum atomic E-state index is 12.8. The monoisotopic (exact) mass is 409 g/mol. The molecule has 9 heteroatoms. The molecule has 152 valence electrons. The minimum Gasteiger partial charge on any atom is -0.493 e. The molecule has 0 amide bonds. The fourth-order valence-corrected chi connectivity index (χ4v) is 3.50. The van der Waals surface area contributed by atoms with Crippen LogP contribution in [0, 0.1) is 0 Å². The standard InChI is InChI=1S/C19H23NO7S/c1-5-26-17-11-13(19(21)27-6-2)7-9-15(17)20-28(22,23)14-8-10-16(24-3)18(12-14)25-4/h7-12,20H,5-6H2,1-4H3. The van der Waals surface area contributed by atoms with E-state index in [1.165, 1.54) is 50.6 Å². The highest BCUT2D eigenvalue weighted by atomic mass is 32.2. The summed E-state index contributed by atoms with van der Waals surface area (Å²) in [5, 5.41) is 0. The van der Waals surface area contributed by atoms with Crippen molar-refractivity contribution < 1.29 is 32.2 Å². The van der Waals surface area contributed by atoms with Gasteiger partial charge >= 0.3 is 5.97 Å². The second kappa shape index (κ2) is 9.32. The fourth-order valence-electron chi connectivity index (χ4n) is 2.41. The Morgan fingerprint density at radius 2 is 1.64 bits per heavy atom. The first kappa shape index (κ1) is 21.4. The molecule has 0 aliphatic rings. The number of ether oxygens (including phenoxy) is 4. The summed E-state index contributed by atoms with van der Waals surface area (Å²) >= 11 is 0. The van der Waals surface area contributed by atoms with Crippen LogP contribution in [0.1, 0.15) is 24.2 Å². The minimum atomic E-state index is -3.94. The molecule has 2 aromatic rings. The molecule has 0 heterocycles. The molecular weight excluding hydrogens is 386 g/mol. The Kier molecular flexibility index (Phi) is 7.11. The molecule has 0 aliphatic heterocycles. The van der Waals surface area contributed by atoms with Crippen LogP contribution in [0.3, 0.4) is 0 Å². The Morgan fingerprint density at radius 1 is 0.929 bits per heavy atom. The average Bonchev–Trinajstić information content (AvgIpc) is 2.68. The quantitative estimate of drug-likeness (QED) is 0.635. The van der Waals surface area contributed by atoms with Crippen LogP contribution in [0.15, 0.2) is 41.3 Å². The Labute approximate surface area is 164 Å². The largest absolute Gasteiger partial charge is 0.493 e. The van der Waals surface area contributed by atoms with Crippen molar-refractivity contribution in [2.75, 3.05) is 32.2 Å². The highest BCUT2D eigenvalue weighted by Crippen LogP contribution is 2.32. The predicted molar refractivity (Wildman–Crippen MR) is 104 cm³/mol. The molecule has 0 atom stereocenters. The SMILES string of the molecule is CCOC(=O)c1ccc(NS(=O)(=O)c2ccc(OC)c(OC)c2)c(OCC)c1. The number of rotatable bonds is 9. The van der Waals surface area contributed by atoms with E-state index in [4.69, 9.17) is 18.9 Å². The summed E-state index contributed by atoms with van der Waals surface area (Å²) in [5.74, 6) is 0.401. The molecule has 0 saturated heterocycles. The first-order valence-electron chi connectivity index (χ1n) is 8.55. The van der Waals surface area contributed by atoms with E-state index in [-0.39, 0.29) is 40.9 Å². The van der Waals surface area contributed by atoms with Crippen LogP contribution >= 0.6 is 0 Å². The number of hydrogen-bond acceptors (Lipinski definition) is 7. The number of sulfonamides is 1. The Hall–Kier alpha value is -2.94. The molecule has 1 N–H and O–H groups in total. The van der Waals surface area contributed by atoms with Crippen molar-refractivity contribution in [3.8, 4) is 17.2 Å². The maximum absolute atomic E-state index is 12.8. The van der Waals surface area contributed by atoms with Gasteiger partial charge in [-0.2, -0.15) is 0 Å². The fraction of sp³-hybridized carbons (Fsp3) is 0.316. The number of nitrogens with one attached hydrogen (secondary N) is 1. The van der Waals surface area contributed by atoms with Gasteiger partial charge in [-0.3, -0.25) is 4.72 Å². The Balaban J connectivity index is 2.38. The van der Waals surface area contributed by atoms with Crippen molar-refractivity contribution in [1.82, 2.24) is 0 Å². The molecule has 0 bridgehead atoms. The van der Waals surface area contributed by atoms with Gasteiger partial charge in [0.25, 0.3) is 10.0 Å². The molecule has 2 rings (SSSR count). The summed E-state index contributed by atoms with van der Waals surface area (Å²) < 4.78 is 48.8. The number of esters is 1. The zero-order chi connectivity index (χ0) is 20.7. The molecule has 0 aromatic heterocycles. The predicted octanol–water partition coefficient (Wildman–Crippen LogP) is 3.08. The van der Waals surface area contributed by atoms with Crippen molar-refractivity contribution in [3.05, 3.63) is 42.0 Å². The lowest BCUT2D eigenvalue weighted by atomic mass is 10.2. The van der Waals surface area contributed by atoms with E-state index in [0.29, 0.717) is 5.75 Å². The number of anilines is 1. The number of carbonyl (C=O) groups is 1. The van der Waals surface area contributed by atoms with Crippen molar-refractivity contribution >= 4 is 21.7 Å². The summed E-state index contributed by atoms with van der Waals surface area (Å²) in [5.41, 5.74) is 0.462. The van der Waals surface area contributed by atoms with Crippen LogP contribution in [-0.2, 0) is 14.8 Å². The molecule has 0 radical (unpaired) electrons. The molecule has 8 nitrogen and oxygen atoms in total. The Bertz CT molecular complexity index is 941. The van der Waals surface area contributed by atoms with Crippen LogP contribution in [0.2, 0.25) is 0 Å². The van der Waals surface area contributed by atoms with Crippen LogP contribution in [0.4, 0.5) is 5.69 Å². The van der Waals surface area contributed by atoms with Crippen molar-refractivity contribution in [2.45, 2.75) is 18.7 Å². The molecule has 0 unspecified atom stereocenters. The lowest BCUT2D eigenvalue weighted by Gasteiger charge is -2.15. The molecule has 0 saturated carbocycles. The number of methoxy groups -OCH3 is 2. The Morgan fingerprint density at radius 3 is 2.25 bits per heavy atom. The lowest BCUT2D eigenvalue weighted by molar-refractivity contribution is 0.0526. The minimum absolute atomic E-state index is 0.0120. The summed E-state index contributed by atoms with van der Waals surface area (Å²) in [6, 6.07) is 8.61. The van der Waals surface area contributed by atoms with Crippen LogP contribution in [-0.4, -0.2) is 41.8 Å². The van der Waals surface area contributed by atoms with Gasteiger partial charge in [-0.05, 0) is 44.2 Å². The van der Waals surface area contributed by atoms with Gasteiger partial charge in [0.1, 0.15) is 5.75 Å². The molecular formula is C19H23NO7S. The van der Waals surface area contributed by atoms with Crippen molar-refractivity contribution in [3.63, 3.8) is 0 Å². The van der Waals surface area contributed by atoms with E-state index in [1.807, 2.05) is 0 Å². The normalized spacial score (nSPS) is 10.9.